The second-order valence-electron chi connectivity index (χ2n) is 5.65. The minimum atomic E-state index is 0.371. The molecule has 4 heteroatoms. The summed E-state index contributed by atoms with van der Waals surface area (Å²) in [4.78, 5) is 6.63. The van der Waals surface area contributed by atoms with Crippen molar-refractivity contribution in [3.05, 3.63) is 23.0 Å². The zero-order valence-corrected chi connectivity index (χ0v) is 11.5. The lowest BCUT2D eigenvalue weighted by atomic mass is 9.78. The maximum absolute atomic E-state index is 6.37. The van der Waals surface area contributed by atoms with Gasteiger partial charge in [0.15, 0.2) is 0 Å². The highest BCUT2D eigenvalue weighted by Gasteiger charge is 2.39. The maximum Gasteiger partial charge on any atom is 0.0851 e. The molecule has 2 aliphatic rings. The number of aryl methyl sites for hydroxylation is 1. The van der Waals surface area contributed by atoms with E-state index in [9.17, 15) is 0 Å². The van der Waals surface area contributed by atoms with Gasteiger partial charge in [0.25, 0.3) is 0 Å². The first-order chi connectivity index (χ1) is 8.66. The van der Waals surface area contributed by atoms with Gasteiger partial charge in [0.2, 0.25) is 0 Å². The van der Waals surface area contributed by atoms with Gasteiger partial charge >= 0.3 is 0 Å². The number of halogens is 1. The minimum Gasteiger partial charge on any atom is -0.370 e. The fourth-order valence-corrected chi connectivity index (χ4v) is 3.72. The molecule has 2 fully saturated rings. The Bertz CT molecular complexity index is 449. The molecule has 1 saturated carbocycles. The summed E-state index contributed by atoms with van der Waals surface area (Å²) >= 11 is 6.37. The Morgan fingerprint density at radius 1 is 1.39 bits per heavy atom. The van der Waals surface area contributed by atoms with Gasteiger partial charge in [-0.05, 0) is 37.7 Å². The number of hydrogen-bond donors (Lipinski definition) is 1. The first kappa shape index (κ1) is 12.2. The van der Waals surface area contributed by atoms with E-state index in [0.29, 0.717) is 12.0 Å². The Kier molecular flexibility index (Phi) is 3.20. The number of nitrogens with zero attached hydrogens (tertiary/aromatic N) is 2. The molecule has 2 N–H and O–H groups in total. The lowest BCUT2D eigenvalue weighted by Gasteiger charge is -2.29. The van der Waals surface area contributed by atoms with Crippen molar-refractivity contribution in [2.45, 2.75) is 32.2 Å². The molecule has 3 unspecified atom stereocenters. The number of nitrogens with two attached hydrogens (primary N) is 1. The number of pyridine rings is 1. The van der Waals surface area contributed by atoms with Gasteiger partial charge in [-0.15, -0.1) is 0 Å². The molecule has 98 valence electrons. The molecule has 1 aliphatic carbocycles. The summed E-state index contributed by atoms with van der Waals surface area (Å²) in [6, 6.07) is 2.40. The van der Waals surface area contributed by atoms with Crippen LogP contribution in [0.5, 0.6) is 0 Å². The van der Waals surface area contributed by atoms with Crippen LogP contribution < -0.4 is 10.6 Å². The van der Waals surface area contributed by atoms with Crippen LogP contribution in [0, 0.1) is 18.8 Å². The third-order valence-corrected chi connectivity index (χ3v) is 5.00. The van der Waals surface area contributed by atoms with Gasteiger partial charge in [-0.25, -0.2) is 0 Å². The predicted octanol–water partition coefficient (Wildman–Crippen LogP) is 2.61. The number of rotatable bonds is 1. The maximum atomic E-state index is 6.37. The quantitative estimate of drug-likeness (QED) is 0.849. The molecule has 2 heterocycles. The van der Waals surface area contributed by atoms with Crippen molar-refractivity contribution in [2.75, 3.05) is 18.0 Å². The molecule has 1 aromatic rings. The van der Waals surface area contributed by atoms with Crippen LogP contribution in [0.15, 0.2) is 12.3 Å². The average molecular weight is 266 g/mol. The van der Waals surface area contributed by atoms with Crippen molar-refractivity contribution in [3.63, 3.8) is 0 Å². The Hall–Kier alpha value is -0.800. The van der Waals surface area contributed by atoms with Crippen LogP contribution >= 0.6 is 11.6 Å². The van der Waals surface area contributed by atoms with Crippen molar-refractivity contribution >= 4 is 17.3 Å². The van der Waals surface area contributed by atoms with Crippen molar-refractivity contribution in [3.8, 4) is 0 Å². The highest BCUT2D eigenvalue weighted by molar-refractivity contribution is 6.33. The van der Waals surface area contributed by atoms with Gasteiger partial charge < -0.3 is 10.6 Å². The first-order valence-corrected chi connectivity index (χ1v) is 7.16. The molecule has 1 saturated heterocycles. The van der Waals surface area contributed by atoms with Crippen LogP contribution in [0.4, 0.5) is 5.69 Å². The monoisotopic (exact) mass is 265 g/mol. The Morgan fingerprint density at radius 2 is 2.22 bits per heavy atom. The predicted molar refractivity (Wildman–Crippen MR) is 75.0 cm³/mol. The highest BCUT2D eigenvalue weighted by atomic mass is 35.5. The average Bonchev–Trinajstić information content (AvgIpc) is 2.78. The first-order valence-electron chi connectivity index (χ1n) is 6.78. The summed E-state index contributed by atoms with van der Waals surface area (Å²) in [5, 5.41) is 0.796. The van der Waals surface area contributed by atoms with Gasteiger partial charge in [-0.3, -0.25) is 4.98 Å². The van der Waals surface area contributed by atoms with E-state index in [1.807, 2.05) is 19.2 Å². The molecule has 18 heavy (non-hydrogen) atoms. The van der Waals surface area contributed by atoms with Gasteiger partial charge in [-0.2, -0.15) is 0 Å². The number of aromatic nitrogens is 1. The molecule has 3 atom stereocenters. The lowest BCUT2D eigenvalue weighted by molar-refractivity contribution is 0.260. The molecule has 1 aromatic heterocycles. The van der Waals surface area contributed by atoms with Crippen LogP contribution in [0.25, 0.3) is 0 Å². The molecule has 0 bridgehead atoms. The largest absolute Gasteiger partial charge is 0.370 e. The van der Waals surface area contributed by atoms with E-state index in [4.69, 9.17) is 17.3 Å². The van der Waals surface area contributed by atoms with Gasteiger partial charge in [-0.1, -0.05) is 18.0 Å². The van der Waals surface area contributed by atoms with E-state index in [0.717, 1.165) is 35.4 Å². The van der Waals surface area contributed by atoms with Crippen LogP contribution in [-0.2, 0) is 0 Å². The fourth-order valence-electron chi connectivity index (χ4n) is 3.49. The van der Waals surface area contributed by atoms with Crippen molar-refractivity contribution in [1.29, 1.82) is 0 Å². The number of hydrogen-bond acceptors (Lipinski definition) is 3. The fraction of sp³-hybridized carbons (Fsp3) is 0.643. The van der Waals surface area contributed by atoms with E-state index in [-0.39, 0.29) is 0 Å². The van der Waals surface area contributed by atoms with Crippen molar-refractivity contribution < 1.29 is 0 Å². The Morgan fingerprint density at radius 3 is 3.00 bits per heavy atom. The molecule has 3 nitrogen and oxygen atoms in total. The van der Waals surface area contributed by atoms with Crippen LogP contribution in [0.2, 0.25) is 5.02 Å². The van der Waals surface area contributed by atoms with Crippen LogP contribution in [0.1, 0.15) is 25.0 Å². The summed E-state index contributed by atoms with van der Waals surface area (Å²) < 4.78 is 0. The summed E-state index contributed by atoms with van der Waals surface area (Å²) in [5.41, 5.74) is 8.30. The third-order valence-electron chi connectivity index (χ3n) is 4.54. The van der Waals surface area contributed by atoms with E-state index in [1.54, 1.807) is 0 Å². The van der Waals surface area contributed by atoms with Crippen molar-refractivity contribution in [1.82, 2.24) is 4.98 Å². The third kappa shape index (κ3) is 1.99. The summed E-state index contributed by atoms with van der Waals surface area (Å²) in [5.74, 6) is 1.39. The van der Waals surface area contributed by atoms with Gasteiger partial charge in [0.05, 0.1) is 16.4 Å². The molecule has 0 amide bonds. The normalized spacial score (nSPS) is 31.5. The summed E-state index contributed by atoms with van der Waals surface area (Å²) in [7, 11) is 0. The standard InChI is InChI=1S/C14H20ClN3/c1-9-14(15)13(5-6-17-9)18-7-10-3-2-4-12(16)11(10)8-18/h5-6,10-12H,2-4,7-8,16H2,1H3. The Labute approximate surface area is 113 Å². The van der Waals surface area contributed by atoms with Gasteiger partial charge in [0.1, 0.15) is 0 Å². The zero-order valence-electron chi connectivity index (χ0n) is 10.8. The number of anilines is 1. The lowest BCUT2D eigenvalue weighted by Crippen LogP contribution is -2.38. The molecule has 3 rings (SSSR count). The second kappa shape index (κ2) is 4.71. The Balaban J connectivity index is 1.85. The molecule has 1 aliphatic heterocycles. The van der Waals surface area contributed by atoms with Crippen LogP contribution in [-0.4, -0.2) is 24.1 Å². The molecule has 0 spiro atoms. The smallest absolute Gasteiger partial charge is 0.0851 e. The molecular formula is C14H20ClN3. The highest BCUT2D eigenvalue weighted by Crippen LogP contribution is 2.39. The van der Waals surface area contributed by atoms with Crippen LogP contribution in [0.3, 0.4) is 0 Å². The zero-order chi connectivity index (χ0) is 12.7. The topological polar surface area (TPSA) is 42.2 Å². The minimum absolute atomic E-state index is 0.371. The second-order valence-corrected chi connectivity index (χ2v) is 6.03. The van der Waals surface area contributed by atoms with E-state index in [2.05, 4.69) is 9.88 Å². The van der Waals surface area contributed by atoms with E-state index in [1.165, 1.54) is 19.3 Å². The van der Waals surface area contributed by atoms with Crippen molar-refractivity contribution in [2.24, 2.45) is 17.6 Å². The van der Waals surface area contributed by atoms with E-state index >= 15 is 0 Å². The summed E-state index contributed by atoms with van der Waals surface area (Å²) in [6.07, 6.45) is 5.62. The molecule has 0 radical (unpaired) electrons. The van der Waals surface area contributed by atoms with E-state index < -0.39 is 0 Å². The van der Waals surface area contributed by atoms with Gasteiger partial charge in [0, 0.05) is 25.3 Å². The molecule has 0 aromatic carbocycles. The number of fused-ring (bicyclic) bond motifs is 1. The molecular weight excluding hydrogens is 246 g/mol. The summed E-state index contributed by atoms with van der Waals surface area (Å²) in [6.45, 7) is 4.11. The SMILES string of the molecule is Cc1nccc(N2CC3CCCC(N)C3C2)c1Cl.